The number of rotatable bonds is 3. The van der Waals surface area contributed by atoms with Crippen molar-refractivity contribution in [2.45, 2.75) is 19.6 Å². The molecule has 1 N–H and O–H groups in total. The molecular weight excluding hydrogens is 363 g/mol. The summed E-state index contributed by atoms with van der Waals surface area (Å²) in [5.74, 6) is -2.92. The maximum absolute atomic E-state index is 13.5. The van der Waals surface area contributed by atoms with Crippen molar-refractivity contribution in [1.29, 1.82) is 0 Å². The first-order valence-corrected chi connectivity index (χ1v) is 7.89. The molecule has 0 saturated heterocycles. The minimum atomic E-state index is -4.89. The van der Waals surface area contributed by atoms with E-state index in [2.05, 4.69) is 10.1 Å². The van der Waals surface area contributed by atoms with Gasteiger partial charge in [0.25, 0.3) is 0 Å². The zero-order valence-electron chi connectivity index (χ0n) is 13.9. The van der Waals surface area contributed by atoms with E-state index in [-0.39, 0.29) is 16.5 Å². The molecule has 0 aliphatic rings. The van der Waals surface area contributed by atoms with Gasteiger partial charge >= 0.3 is 12.1 Å². The second-order valence-corrected chi connectivity index (χ2v) is 6.12. The van der Waals surface area contributed by atoms with Crippen molar-refractivity contribution in [1.82, 2.24) is 14.8 Å². The molecule has 3 heterocycles. The Balaban J connectivity index is 1.91. The third kappa shape index (κ3) is 2.90. The molecule has 1 aromatic carbocycles. The molecule has 4 aromatic rings. The van der Waals surface area contributed by atoms with Gasteiger partial charge in [0.15, 0.2) is 0 Å². The molecule has 138 valence electrons. The molecule has 0 saturated carbocycles. The minimum absolute atomic E-state index is 0.0381. The molecule has 0 aliphatic heterocycles. The Hall–Kier alpha value is -3.36. The van der Waals surface area contributed by atoms with Crippen LogP contribution in [0.15, 0.2) is 41.1 Å². The molecule has 9 heteroatoms. The summed E-state index contributed by atoms with van der Waals surface area (Å²) in [5.41, 5.74) is 0.225. The molecule has 4 rings (SSSR count). The zero-order valence-corrected chi connectivity index (χ0v) is 13.9. The van der Waals surface area contributed by atoms with Gasteiger partial charge < -0.3 is 9.52 Å². The second kappa shape index (κ2) is 5.83. The first kappa shape index (κ1) is 17.1. The summed E-state index contributed by atoms with van der Waals surface area (Å²) < 4.78 is 47.0. The van der Waals surface area contributed by atoms with E-state index < -0.39 is 23.5 Å². The van der Waals surface area contributed by atoms with E-state index >= 15 is 0 Å². The normalized spacial score (nSPS) is 12.1. The number of aryl methyl sites for hydroxylation is 1. The number of aromatic carboxylic acids is 1. The first-order chi connectivity index (χ1) is 12.7. The highest BCUT2D eigenvalue weighted by molar-refractivity contribution is 6.08. The molecule has 0 fully saturated rings. The van der Waals surface area contributed by atoms with E-state index in [0.29, 0.717) is 11.9 Å². The van der Waals surface area contributed by atoms with Crippen molar-refractivity contribution in [3.05, 3.63) is 59.2 Å². The average molecular weight is 375 g/mol. The third-order valence-electron chi connectivity index (χ3n) is 4.17. The monoisotopic (exact) mass is 375 g/mol. The Morgan fingerprint density at radius 2 is 2.04 bits per heavy atom. The van der Waals surface area contributed by atoms with Crippen LogP contribution in [-0.4, -0.2) is 25.8 Å². The number of carbonyl (C=O) groups is 1. The summed E-state index contributed by atoms with van der Waals surface area (Å²) in [6.45, 7) is 2.16. The second-order valence-electron chi connectivity index (χ2n) is 6.12. The number of nitrogens with zero attached hydrogens (tertiary/aromatic N) is 3. The fourth-order valence-electron chi connectivity index (χ4n) is 3.00. The Bertz CT molecular complexity index is 1170. The lowest BCUT2D eigenvalue weighted by atomic mass is 10.1. The quantitative estimate of drug-likeness (QED) is 0.579. The Kier molecular flexibility index (Phi) is 3.69. The SMILES string of the molecule is Cc1ccc(Cn2cc3ccc4oc(C(=O)O)c(C(F)(F)F)c4c3n2)cn1. The lowest BCUT2D eigenvalue weighted by Gasteiger charge is -2.05. The molecule has 0 amide bonds. The largest absolute Gasteiger partial charge is 0.475 e. The van der Waals surface area contributed by atoms with Gasteiger partial charge in [-0.3, -0.25) is 9.67 Å². The molecule has 0 atom stereocenters. The molecule has 27 heavy (non-hydrogen) atoms. The number of carboxylic acid groups (broad SMARTS) is 1. The summed E-state index contributed by atoms with van der Waals surface area (Å²) in [5, 5.41) is 13.4. The molecule has 6 nitrogen and oxygen atoms in total. The van der Waals surface area contributed by atoms with Gasteiger partial charge in [-0.15, -0.1) is 0 Å². The predicted molar refractivity (Wildman–Crippen MR) is 89.5 cm³/mol. The van der Waals surface area contributed by atoms with Gasteiger partial charge in [0.05, 0.1) is 11.9 Å². The topological polar surface area (TPSA) is 81.2 Å². The van der Waals surface area contributed by atoms with Crippen molar-refractivity contribution in [3.8, 4) is 0 Å². The van der Waals surface area contributed by atoms with Crippen LogP contribution in [0.25, 0.3) is 21.9 Å². The van der Waals surface area contributed by atoms with E-state index in [4.69, 9.17) is 9.52 Å². The van der Waals surface area contributed by atoms with Crippen LogP contribution in [0, 0.1) is 6.92 Å². The molecule has 3 aromatic heterocycles. The lowest BCUT2D eigenvalue weighted by molar-refractivity contribution is -0.137. The van der Waals surface area contributed by atoms with Gasteiger partial charge in [-0.05, 0) is 30.7 Å². The van der Waals surface area contributed by atoms with Crippen LogP contribution in [0.3, 0.4) is 0 Å². The summed E-state index contributed by atoms with van der Waals surface area (Å²) in [4.78, 5) is 15.4. The van der Waals surface area contributed by atoms with Gasteiger partial charge in [0, 0.05) is 23.5 Å². The highest BCUT2D eigenvalue weighted by atomic mass is 19.4. The fraction of sp³-hybridized carbons (Fsp3) is 0.167. The fourth-order valence-corrected chi connectivity index (χ4v) is 3.00. The smallest absolute Gasteiger partial charge is 0.421 e. The van der Waals surface area contributed by atoms with Crippen molar-refractivity contribution < 1.29 is 27.5 Å². The number of furan rings is 1. The number of alkyl halides is 3. The number of fused-ring (bicyclic) bond motifs is 3. The maximum Gasteiger partial charge on any atom is 0.421 e. The number of halogens is 3. The van der Waals surface area contributed by atoms with Gasteiger partial charge in [0.2, 0.25) is 5.76 Å². The summed E-state index contributed by atoms with van der Waals surface area (Å²) in [6, 6.07) is 6.54. The standard InChI is InChI=1S/C18H12F3N3O3/c1-9-2-3-10(6-22-9)7-24-8-11-4-5-12-13(15(11)23-24)14(18(19,20)21)16(27-12)17(25)26/h2-6,8H,7H2,1H3,(H,25,26). The third-order valence-corrected chi connectivity index (χ3v) is 4.17. The molecule has 0 unspecified atom stereocenters. The number of carboxylic acids is 1. The number of hydrogen-bond donors (Lipinski definition) is 1. The van der Waals surface area contributed by atoms with Crippen LogP contribution >= 0.6 is 0 Å². The lowest BCUT2D eigenvalue weighted by Crippen LogP contribution is -2.10. The minimum Gasteiger partial charge on any atom is -0.475 e. The van der Waals surface area contributed by atoms with Crippen LogP contribution < -0.4 is 0 Å². The van der Waals surface area contributed by atoms with Crippen LogP contribution in [0.4, 0.5) is 13.2 Å². The predicted octanol–water partition coefficient (Wildman–Crippen LogP) is 4.25. The number of pyridine rings is 1. The molecule has 0 aliphatic carbocycles. The van der Waals surface area contributed by atoms with Crippen LogP contribution in [-0.2, 0) is 12.7 Å². The van der Waals surface area contributed by atoms with Crippen LogP contribution in [0.5, 0.6) is 0 Å². The van der Waals surface area contributed by atoms with Gasteiger partial charge in [-0.1, -0.05) is 6.07 Å². The zero-order chi connectivity index (χ0) is 19.3. The number of benzene rings is 1. The van der Waals surface area contributed by atoms with Crippen LogP contribution in [0.2, 0.25) is 0 Å². The van der Waals surface area contributed by atoms with Gasteiger partial charge in [0.1, 0.15) is 16.7 Å². The molecule has 0 radical (unpaired) electrons. The number of hydrogen-bond acceptors (Lipinski definition) is 4. The Morgan fingerprint density at radius 3 is 2.67 bits per heavy atom. The van der Waals surface area contributed by atoms with Crippen molar-refractivity contribution in [2.24, 2.45) is 0 Å². The molecule has 0 bridgehead atoms. The van der Waals surface area contributed by atoms with E-state index in [1.165, 1.54) is 10.7 Å². The summed E-state index contributed by atoms with van der Waals surface area (Å²) >= 11 is 0. The summed E-state index contributed by atoms with van der Waals surface area (Å²) in [7, 11) is 0. The first-order valence-electron chi connectivity index (χ1n) is 7.89. The van der Waals surface area contributed by atoms with Crippen molar-refractivity contribution in [2.75, 3.05) is 0 Å². The van der Waals surface area contributed by atoms with Gasteiger partial charge in [-0.25, -0.2) is 4.79 Å². The van der Waals surface area contributed by atoms with Crippen molar-refractivity contribution >= 4 is 27.8 Å². The molecule has 0 spiro atoms. The van der Waals surface area contributed by atoms with E-state index in [1.54, 1.807) is 18.5 Å². The van der Waals surface area contributed by atoms with Gasteiger partial charge in [-0.2, -0.15) is 18.3 Å². The Morgan fingerprint density at radius 1 is 1.26 bits per heavy atom. The highest BCUT2D eigenvalue weighted by Gasteiger charge is 2.41. The Labute approximate surface area is 149 Å². The highest BCUT2D eigenvalue weighted by Crippen LogP contribution is 2.42. The van der Waals surface area contributed by atoms with Crippen molar-refractivity contribution in [3.63, 3.8) is 0 Å². The van der Waals surface area contributed by atoms with E-state index in [0.717, 1.165) is 11.3 Å². The van der Waals surface area contributed by atoms with E-state index in [1.807, 2.05) is 19.1 Å². The molecular formula is C18H12F3N3O3. The number of aromatic nitrogens is 3. The average Bonchev–Trinajstić information content (AvgIpc) is 3.16. The van der Waals surface area contributed by atoms with Crippen LogP contribution in [0.1, 0.15) is 27.4 Å². The maximum atomic E-state index is 13.5. The summed E-state index contributed by atoms with van der Waals surface area (Å²) in [6.07, 6.45) is -1.63. The van der Waals surface area contributed by atoms with E-state index in [9.17, 15) is 18.0 Å².